The van der Waals surface area contributed by atoms with E-state index in [2.05, 4.69) is 25.6 Å². The molecule has 4 heterocycles. The lowest BCUT2D eigenvalue weighted by Crippen LogP contribution is -2.23. The standard InChI is InChI=1S/C25H21ClFN5O2/c26-19-13-30-23-8-20(27)16(7-18(19)23)12-31-25(34)17-6-15(9-28-11-17)5-14-1-2-21(29-10-14)22-3-4-24(33)32-22/h1-2,6-11,13,22,30H,3-5,12H2,(H,31,34)(H,32,33). The molecule has 9 heteroatoms. The number of benzene rings is 1. The molecular formula is C25H21ClFN5O2. The Morgan fingerprint density at radius 3 is 2.82 bits per heavy atom. The predicted molar refractivity (Wildman–Crippen MR) is 126 cm³/mol. The summed E-state index contributed by atoms with van der Waals surface area (Å²) in [4.78, 5) is 35.7. The van der Waals surface area contributed by atoms with Crippen molar-refractivity contribution in [3.05, 3.63) is 93.9 Å². The van der Waals surface area contributed by atoms with E-state index in [0.717, 1.165) is 23.2 Å². The minimum Gasteiger partial charge on any atom is -0.360 e. The Hall–Kier alpha value is -3.78. The summed E-state index contributed by atoms with van der Waals surface area (Å²) in [6, 6.07) is 8.60. The van der Waals surface area contributed by atoms with Crippen LogP contribution < -0.4 is 10.6 Å². The molecule has 5 rings (SSSR count). The number of fused-ring (bicyclic) bond motifs is 1. The molecule has 2 amide bonds. The van der Waals surface area contributed by atoms with E-state index in [1.165, 1.54) is 12.3 Å². The van der Waals surface area contributed by atoms with Gasteiger partial charge in [-0.05, 0) is 41.8 Å². The number of hydrogen-bond donors (Lipinski definition) is 3. The topological polar surface area (TPSA) is 99.8 Å². The van der Waals surface area contributed by atoms with Crippen molar-refractivity contribution in [1.29, 1.82) is 0 Å². The Labute approximate surface area is 199 Å². The first-order valence-corrected chi connectivity index (χ1v) is 11.3. The molecule has 1 fully saturated rings. The van der Waals surface area contributed by atoms with Crippen LogP contribution in [-0.4, -0.2) is 26.8 Å². The quantitative estimate of drug-likeness (QED) is 0.387. The maximum Gasteiger partial charge on any atom is 0.253 e. The van der Waals surface area contributed by atoms with E-state index >= 15 is 0 Å². The number of pyridine rings is 2. The number of carbonyl (C=O) groups excluding carboxylic acids is 2. The molecule has 1 saturated heterocycles. The van der Waals surface area contributed by atoms with Crippen molar-refractivity contribution in [2.24, 2.45) is 0 Å². The van der Waals surface area contributed by atoms with E-state index in [1.807, 2.05) is 12.1 Å². The van der Waals surface area contributed by atoms with Crippen LogP contribution >= 0.6 is 11.6 Å². The maximum atomic E-state index is 14.4. The fourth-order valence-corrected chi connectivity index (χ4v) is 4.30. The van der Waals surface area contributed by atoms with Crippen LogP contribution in [0.2, 0.25) is 5.02 Å². The predicted octanol–water partition coefficient (Wildman–Crippen LogP) is 4.22. The molecule has 1 unspecified atom stereocenters. The summed E-state index contributed by atoms with van der Waals surface area (Å²) in [6.45, 7) is 0.0232. The van der Waals surface area contributed by atoms with Gasteiger partial charge in [0.2, 0.25) is 5.91 Å². The Morgan fingerprint density at radius 2 is 2.06 bits per heavy atom. The zero-order chi connectivity index (χ0) is 23.7. The third-order valence-electron chi connectivity index (χ3n) is 5.90. The number of halogens is 2. The van der Waals surface area contributed by atoms with Crippen molar-refractivity contribution >= 4 is 34.3 Å². The summed E-state index contributed by atoms with van der Waals surface area (Å²) in [5.74, 6) is -0.723. The zero-order valence-corrected chi connectivity index (χ0v) is 18.8. The van der Waals surface area contributed by atoms with Crippen molar-refractivity contribution in [3.8, 4) is 0 Å². The van der Waals surface area contributed by atoms with Crippen LogP contribution in [0.15, 0.2) is 55.1 Å². The third-order valence-corrected chi connectivity index (χ3v) is 6.22. The first kappa shape index (κ1) is 22.0. The van der Waals surface area contributed by atoms with Crippen molar-refractivity contribution in [3.63, 3.8) is 0 Å². The molecule has 172 valence electrons. The monoisotopic (exact) mass is 477 g/mol. The molecule has 0 radical (unpaired) electrons. The normalized spacial score (nSPS) is 15.5. The molecule has 0 bridgehead atoms. The molecule has 1 aromatic carbocycles. The minimum atomic E-state index is -0.425. The van der Waals surface area contributed by atoms with E-state index in [1.54, 1.807) is 30.7 Å². The zero-order valence-electron chi connectivity index (χ0n) is 18.1. The molecule has 4 aromatic rings. The molecule has 34 heavy (non-hydrogen) atoms. The first-order chi connectivity index (χ1) is 16.5. The highest BCUT2D eigenvalue weighted by Crippen LogP contribution is 2.26. The average molecular weight is 478 g/mol. The lowest BCUT2D eigenvalue weighted by molar-refractivity contribution is -0.119. The summed E-state index contributed by atoms with van der Waals surface area (Å²) in [5.41, 5.74) is 3.99. The Bertz CT molecular complexity index is 1390. The summed E-state index contributed by atoms with van der Waals surface area (Å²) in [6.07, 6.45) is 8.38. The van der Waals surface area contributed by atoms with Crippen LogP contribution in [0.25, 0.3) is 10.9 Å². The van der Waals surface area contributed by atoms with Gasteiger partial charge in [0.05, 0.1) is 22.3 Å². The summed E-state index contributed by atoms with van der Waals surface area (Å²) in [7, 11) is 0. The van der Waals surface area contributed by atoms with Gasteiger partial charge in [0.25, 0.3) is 5.91 Å². The number of nitrogens with zero attached hydrogens (tertiary/aromatic N) is 2. The molecule has 0 aliphatic carbocycles. The van der Waals surface area contributed by atoms with Crippen LogP contribution in [-0.2, 0) is 17.8 Å². The van der Waals surface area contributed by atoms with Gasteiger partial charge < -0.3 is 15.6 Å². The number of amides is 2. The molecule has 3 N–H and O–H groups in total. The van der Waals surface area contributed by atoms with E-state index in [9.17, 15) is 14.0 Å². The fraction of sp³-hybridized carbons (Fsp3) is 0.200. The van der Waals surface area contributed by atoms with E-state index in [0.29, 0.717) is 39.9 Å². The average Bonchev–Trinajstić information content (AvgIpc) is 3.43. The van der Waals surface area contributed by atoms with Gasteiger partial charge in [-0.25, -0.2) is 4.39 Å². The van der Waals surface area contributed by atoms with Gasteiger partial charge in [-0.3, -0.25) is 19.6 Å². The van der Waals surface area contributed by atoms with Crippen molar-refractivity contribution in [2.45, 2.75) is 31.8 Å². The van der Waals surface area contributed by atoms with Crippen molar-refractivity contribution in [1.82, 2.24) is 25.6 Å². The Kier molecular flexibility index (Phi) is 5.98. The number of aromatic amines is 1. The van der Waals surface area contributed by atoms with E-state index < -0.39 is 5.82 Å². The van der Waals surface area contributed by atoms with Crippen LogP contribution in [0, 0.1) is 5.82 Å². The van der Waals surface area contributed by atoms with Gasteiger partial charge >= 0.3 is 0 Å². The number of H-pyrrole nitrogens is 1. The summed E-state index contributed by atoms with van der Waals surface area (Å²) < 4.78 is 14.4. The molecule has 1 aliphatic heterocycles. The molecule has 1 aliphatic rings. The Balaban J connectivity index is 1.24. The van der Waals surface area contributed by atoms with Crippen molar-refractivity contribution < 1.29 is 14.0 Å². The first-order valence-electron chi connectivity index (χ1n) is 10.9. The molecule has 3 aromatic heterocycles. The molecular weight excluding hydrogens is 457 g/mol. The number of carbonyl (C=O) groups is 2. The van der Waals surface area contributed by atoms with Crippen molar-refractivity contribution in [2.75, 3.05) is 0 Å². The van der Waals surface area contributed by atoms with Gasteiger partial charge in [-0.15, -0.1) is 0 Å². The second-order valence-electron chi connectivity index (χ2n) is 8.32. The highest BCUT2D eigenvalue weighted by Gasteiger charge is 2.23. The van der Waals surface area contributed by atoms with Gasteiger partial charge in [0, 0.05) is 60.6 Å². The van der Waals surface area contributed by atoms with Gasteiger partial charge in [-0.1, -0.05) is 17.7 Å². The van der Waals surface area contributed by atoms with Crippen LogP contribution in [0.4, 0.5) is 4.39 Å². The SMILES string of the molecule is O=C1CCC(c2ccc(Cc3cncc(C(=O)NCc4cc5c(Cl)c[nH]c5cc4F)c3)cn2)N1. The van der Waals surface area contributed by atoms with E-state index in [4.69, 9.17) is 11.6 Å². The highest BCUT2D eigenvalue weighted by molar-refractivity contribution is 6.35. The van der Waals surface area contributed by atoms with Crippen LogP contribution in [0.5, 0.6) is 0 Å². The smallest absolute Gasteiger partial charge is 0.253 e. The van der Waals surface area contributed by atoms with Crippen LogP contribution in [0.1, 0.15) is 51.6 Å². The molecule has 1 atom stereocenters. The Morgan fingerprint density at radius 1 is 1.18 bits per heavy atom. The second kappa shape index (κ2) is 9.23. The summed E-state index contributed by atoms with van der Waals surface area (Å²) in [5, 5.41) is 6.85. The lowest BCUT2D eigenvalue weighted by atomic mass is 10.0. The van der Waals surface area contributed by atoms with Gasteiger partial charge in [0.15, 0.2) is 0 Å². The number of aromatic nitrogens is 3. The number of hydrogen-bond acceptors (Lipinski definition) is 4. The van der Waals surface area contributed by atoms with E-state index in [-0.39, 0.29) is 24.4 Å². The van der Waals surface area contributed by atoms with Gasteiger partial charge in [0.1, 0.15) is 5.82 Å². The third kappa shape index (κ3) is 4.63. The minimum absolute atomic E-state index is 0.0232. The maximum absolute atomic E-state index is 14.4. The van der Waals surface area contributed by atoms with Gasteiger partial charge in [-0.2, -0.15) is 0 Å². The molecule has 7 nitrogen and oxygen atoms in total. The molecule has 0 saturated carbocycles. The lowest BCUT2D eigenvalue weighted by Gasteiger charge is -2.10. The largest absolute Gasteiger partial charge is 0.360 e. The molecule has 0 spiro atoms. The number of nitrogens with one attached hydrogen (secondary N) is 3. The fourth-order valence-electron chi connectivity index (χ4n) is 4.09. The highest BCUT2D eigenvalue weighted by atomic mass is 35.5. The second-order valence-corrected chi connectivity index (χ2v) is 8.72. The number of rotatable bonds is 6. The summed E-state index contributed by atoms with van der Waals surface area (Å²) >= 11 is 6.12. The van der Waals surface area contributed by atoms with Crippen LogP contribution in [0.3, 0.4) is 0 Å².